The Bertz CT molecular complexity index is 470. The van der Waals surface area contributed by atoms with Gasteiger partial charge in [0.1, 0.15) is 5.75 Å². The Balaban J connectivity index is 1.84. The van der Waals surface area contributed by atoms with Crippen molar-refractivity contribution in [1.82, 2.24) is 10.2 Å². The third-order valence-corrected chi connectivity index (χ3v) is 5.24. The molecule has 0 saturated carbocycles. The lowest BCUT2D eigenvalue weighted by Gasteiger charge is -2.33. The van der Waals surface area contributed by atoms with Crippen LogP contribution < -0.4 is 10.1 Å². The molecule has 1 fully saturated rings. The van der Waals surface area contributed by atoms with Gasteiger partial charge in [0.25, 0.3) is 0 Å². The van der Waals surface area contributed by atoms with Crippen molar-refractivity contribution >= 4 is 17.7 Å². The van der Waals surface area contributed by atoms with E-state index < -0.39 is 0 Å². The summed E-state index contributed by atoms with van der Waals surface area (Å²) in [5, 5.41) is 3.18. The van der Waals surface area contributed by atoms with Gasteiger partial charge < -0.3 is 15.0 Å². The van der Waals surface area contributed by atoms with Crippen LogP contribution in [0.25, 0.3) is 0 Å². The van der Waals surface area contributed by atoms with E-state index in [1.807, 2.05) is 43.1 Å². The molecule has 2 rings (SSSR count). The van der Waals surface area contributed by atoms with Crippen LogP contribution in [-0.2, 0) is 4.79 Å². The SMILES string of the molecule is CNCC1CCN(C(=O)C(C)Sc2ccc(OC)cc2)CC1. The molecule has 1 aromatic carbocycles. The predicted molar refractivity (Wildman–Crippen MR) is 91.5 cm³/mol. The molecule has 0 spiro atoms. The van der Waals surface area contributed by atoms with Gasteiger partial charge in [0.2, 0.25) is 5.91 Å². The van der Waals surface area contributed by atoms with E-state index in [1.165, 1.54) is 0 Å². The zero-order chi connectivity index (χ0) is 15.9. The Morgan fingerprint density at radius 3 is 2.55 bits per heavy atom. The van der Waals surface area contributed by atoms with Crippen LogP contribution in [0.3, 0.4) is 0 Å². The minimum atomic E-state index is -0.0470. The number of benzene rings is 1. The van der Waals surface area contributed by atoms with Crippen LogP contribution in [0.4, 0.5) is 0 Å². The number of thioether (sulfide) groups is 1. The summed E-state index contributed by atoms with van der Waals surface area (Å²) < 4.78 is 5.16. The molecule has 1 aliphatic rings. The van der Waals surface area contributed by atoms with E-state index in [2.05, 4.69) is 5.32 Å². The minimum absolute atomic E-state index is 0.0470. The second-order valence-corrected chi connectivity index (χ2v) is 7.18. The Morgan fingerprint density at radius 2 is 2.00 bits per heavy atom. The number of likely N-dealkylation sites (tertiary alicyclic amines) is 1. The topological polar surface area (TPSA) is 41.6 Å². The van der Waals surface area contributed by atoms with Gasteiger partial charge in [-0.3, -0.25) is 4.79 Å². The van der Waals surface area contributed by atoms with Gasteiger partial charge in [-0.1, -0.05) is 0 Å². The van der Waals surface area contributed by atoms with Crippen molar-refractivity contribution in [2.75, 3.05) is 33.8 Å². The number of hydrogen-bond acceptors (Lipinski definition) is 4. The molecule has 1 heterocycles. The number of piperidine rings is 1. The molecule has 22 heavy (non-hydrogen) atoms. The summed E-state index contributed by atoms with van der Waals surface area (Å²) in [6.07, 6.45) is 2.21. The van der Waals surface area contributed by atoms with Crippen molar-refractivity contribution in [3.63, 3.8) is 0 Å². The Morgan fingerprint density at radius 1 is 1.36 bits per heavy atom. The quantitative estimate of drug-likeness (QED) is 0.818. The Labute approximate surface area is 137 Å². The van der Waals surface area contributed by atoms with Crippen molar-refractivity contribution in [3.05, 3.63) is 24.3 Å². The monoisotopic (exact) mass is 322 g/mol. The molecule has 0 bridgehead atoms. The molecule has 1 atom stereocenters. The van der Waals surface area contributed by atoms with Crippen molar-refractivity contribution in [2.45, 2.75) is 29.9 Å². The van der Waals surface area contributed by atoms with Crippen molar-refractivity contribution < 1.29 is 9.53 Å². The van der Waals surface area contributed by atoms with E-state index in [9.17, 15) is 4.79 Å². The maximum atomic E-state index is 12.6. The van der Waals surface area contributed by atoms with Crippen LogP contribution in [-0.4, -0.2) is 49.8 Å². The van der Waals surface area contributed by atoms with Crippen LogP contribution in [0.5, 0.6) is 5.75 Å². The normalized spacial score (nSPS) is 17.3. The van der Waals surface area contributed by atoms with Gasteiger partial charge in [0.05, 0.1) is 12.4 Å². The molecule has 0 radical (unpaired) electrons. The highest BCUT2D eigenvalue weighted by molar-refractivity contribution is 8.00. The summed E-state index contributed by atoms with van der Waals surface area (Å²) in [5.41, 5.74) is 0. The average Bonchev–Trinajstić information content (AvgIpc) is 2.56. The van der Waals surface area contributed by atoms with E-state index in [4.69, 9.17) is 4.74 Å². The van der Waals surface area contributed by atoms with Crippen LogP contribution in [0.2, 0.25) is 0 Å². The fourth-order valence-electron chi connectivity index (χ4n) is 2.81. The first-order chi connectivity index (χ1) is 10.6. The fourth-order valence-corrected chi connectivity index (χ4v) is 3.76. The molecule has 5 heteroatoms. The first kappa shape index (κ1) is 17.2. The number of nitrogens with zero attached hydrogens (tertiary/aromatic N) is 1. The molecule has 4 nitrogen and oxygen atoms in total. The van der Waals surface area contributed by atoms with Gasteiger partial charge >= 0.3 is 0 Å². The summed E-state index contributed by atoms with van der Waals surface area (Å²) >= 11 is 1.62. The third kappa shape index (κ3) is 4.65. The second kappa shape index (κ2) is 8.44. The number of amides is 1. The molecule has 1 amide bonds. The smallest absolute Gasteiger partial charge is 0.235 e. The summed E-state index contributed by atoms with van der Waals surface area (Å²) in [6.45, 7) is 4.83. The molecule has 0 aliphatic carbocycles. The van der Waals surface area contributed by atoms with Crippen molar-refractivity contribution in [2.24, 2.45) is 5.92 Å². The van der Waals surface area contributed by atoms with Crippen LogP contribution >= 0.6 is 11.8 Å². The second-order valence-electron chi connectivity index (χ2n) is 5.76. The largest absolute Gasteiger partial charge is 0.497 e. The summed E-state index contributed by atoms with van der Waals surface area (Å²) in [4.78, 5) is 15.7. The predicted octanol–water partition coefficient (Wildman–Crippen LogP) is 2.63. The molecule has 1 saturated heterocycles. The first-order valence-corrected chi connectivity index (χ1v) is 8.76. The molecule has 1 aliphatic heterocycles. The van der Waals surface area contributed by atoms with Crippen LogP contribution in [0.15, 0.2) is 29.2 Å². The van der Waals surface area contributed by atoms with Gasteiger partial charge in [-0.15, -0.1) is 11.8 Å². The molecule has 1 unspecified atom stereocenters. The molecule has 1 aromatic rings. The number of ether oxygens (including phenoxy) is 1. The van der Waals surface area contributed by atoms with Gasteiger partial charge in [0, 0.05) is 18.0 Å². The lowest BCUT2D eigenvalue weighted by molar-refractivity contribution is -0.131. The van der Waals surface area contributed by atoms with Crippen molar-refractivity contribution in [3.8, 4) is 5.75 Å². The highest BCUT2D eigenvalue weighted by Gasteiger charge is 2.26. The van der Waals surface area contributed by atoms with E-state index in [-0.39, 0.29) is 11.2 Å². The molecular weight excluding hydrogens is 296 g/mol. The number of methoxy groups -OCH3 is 1. The Hall–Kier alpha value is -1.20. The van der Waals surface area contributed by atoms with Crippen LogP contribution in [0, 0.1) is 5.92 Å². The summed E-state index contributed by atoms with van der Waals surface area (Å²) in [6, 6.07) is 7.88. The number of rotatable bonds is 6. The number of nitrogens with one attached hydrogen (secondary N) is 1. The van der Waals surface area contributed by atoms with E-state index in [0.717, 1.165) is 43.1 Å². The Kier molecular flexibility index (Phi) is 6.58. The molecule has 0 aromatic heterocycles. The van der Waals surface area contributed by atoms with E-state index in [1.54, 1.807) is 18.9 Å². The number of carbonyl (C=O) groups is 1. The summed E-state index contributed by atoms with van der Waals surface area (Å²) in [5.74, 6) is 1.80. The maximum Gasteiger partial charge on any atom is 0.235 e. The van der Waals surface area contributed by atoms with Gasteiger partial charge in [-0.25, -0.2) is 0 Å². The minimum Gasteiger partial charge on any atom is -0.497 e. The molecule has 1 N–H and O–H groups in total. The number of hydrogen-bond donors (Lipinski definition) is 1. The zero-order valence-corrected chi connectivity index (χ0v) is 14.5. The highest BCUT2D eigenvalue weighted by atomic mass is 32.2. The maximum absolute atomic E-state index is 12.6. The third-order valence-electron chi connectivity index (χ3n) is 4.14. The van der Waals surface area contributed by atoms with E-state index in [0.29, 0.717) is 5.92 Å². The van der Waals surface area contributed by atoms with Crippen molar-refractivity contribution in [1.29, 1.82) is 0 Å². The fraction of sp³-hybridized carbons (Fsp3) is 0.588. The molecule has 122 valence electrons. The zero-order valence-electron chi connectivity index (χ0n) is 13.7. The average molecular weight is 322 g/mol. The van der Waals surface area contributed by atoms with Gasteiger partial charge in [-0.2, -0.15) is 0 Å². The number of carbonyl (C=O) groups excluding carboxylic acids is 1. The van der Waals surface area contributed by atoms with Gasteiger partial charge in [0.15, 0.2) is 0 Å². The lowest BCUT2D eigenvalue weighted by atomic mass is 9.97. The van der Waals surface area contributed by atoms with E-state index >= 15 is 0 Å². The highest BCUT2D eigenvalue weighted by Crippen LogP contribution is 2.27. The first-order valence-electron chi connectivity index (χ1n) is 7.88. The van der Waals surface area contributed by atoms with Crippen LogP contribution in [0.1, 0.15) is 19.8 Å². The summed E-state index contributed by atoms with van der Waals surface area (Å²) in [7, 11) is 3.65. The lowest BCUT2D eigenvalue weighted by Crippen LogP contribution is -2.43. The van der Waals surface area contributed by atoms with Gasteiger partial charge in [-0.05, 0) is 63.5 Å². The standard InChI is InChI=1S/C17H26N2O2S/c1-13(22-16-6-4-15(21-3)5-7-16)17(20)19-10-8-14(9-11-19)12-18-2/h4-7,13-14,18H,8-12H2,1-3H3. The molecular formula is C17H26N2O2S.